The SMILES string of the molecule is COC(=O)c1c(O)cc(O)c(Cl)c1CCc1nccn1Cc1ccc(C)s1. The summed E-state index contributed by atoms with van der Waals surface area (Å²) in [5.41, 5.74) is 0.301. The van der Waals surface area contributed by atoms with Crippen molar-refractivity contribution >= 4 is 28.9 Å². The van der Waals surface area contributed by atoms with Crippen LogP contribution in [0.25, 0.3) is 0 Å². The number of halogens is 1. The Morgan fingerprint density at radius 3 is 2.74 bits per heavy atom. The zero-order chi connectivity index (χ0) is 19.6. The van der Waals surface area contributed by atoms with Crippen molar-refractivity contribution in [3.8, 4) is 11.5 Å². The molecule has 0 fully saturated rings. The van der Waals surface area contributed by atoms with Crippen LogP contribution >= 0.6 is 22.9 Å². The van der Waals surface area contributed by atoms with Gasteiger partial charge in [0.05, 0.1) is 18.7 Å². The minimum Gasteiger partial charge on any atom is -0.507 e. The van der Waals surface area contributed by atoms with Crippen LogP contribution in [0.15, 0.2) is 30.6 Å². The maximum atomic E-state index is 12.0. The van der Waals surface area contributed by atoms with Crippen molar-refractivity contribution in [3.05, 3.63) is 62.3 Å². The van der Waals surface area contributed by atoms with E-state index in [1.54, 1.807) is 17.5 Å². The molecule has 0 aliphatic carbocycles. The van der Waals surface area contributed by atoms with Crippen molar-refractivity contribution in [1.29, 1.82) is 0 Å². The summed E-state index contributed by atoms with van der Waals surface area (Å²) in [6, 6.07) is 5.20. The number of benzene rings is 1. The monoisotopic (exact) mass is 406 g/mol. The number of hydrogen-bond donors (Lipinski definition) is 2. The molecule has 0 saturated carbocycles. The molecule has 6 nitrogen and oxygen atoms in total. The molecule has 3 rings (SSSR count). The molecular formula is C19H19ClN2O4S. The Morgan fingerprint density at radius 2 is 2.07 bits per heavy atom. The zero-order valence-corrected chi connectivity index (χ0v) is 16.5. The summed E-state index contributed by atoms with van der Waals surface area (Å²) in [5.74, 6) is -0.539. The number of hydrogen-bond acceptors (Lipinski definition) is 6. The highest BCUT2D eigenvalue weighted by Gasteiger charge is 2.23. The summed E-state index contributed by atoms with van der Waals surface area (Å²) in [7, 11) is 1.22. The van der Waals surface area contributed by atoms with Gasteiger partial charge in [0.2, 0.25) is 0 Å². The fourth-order valence-corrected chi connectivity index (χ4v) is 4.07. The minimum atomic E-state index is -0.707. The van der Waals surface area contributed by atoms with Crippen molar-refractivity contribution < 1.29 is 19.7 Å². The number of rotatable bonds is 6. The lowest BCUT2D eigenvalue weighted by Crippen LogP contribution is -2.10. The van der Waals surface area contributed by atoms with E-state index < -0.39 is 5.97 Å². The van der Waals surface area contributed by atoms with Crippen LogP contribution < -0.4 is 0 Å². The van der Waals surface area contributed by atoms with Gasteiger partial charge < -0.3 is 19.5 Å². The fraction of sp³-hybridized carbons (Fsp3) is 0.263. The molecule has 2 N–H and O–H groups in total. The highest BCUT2D eigenvalue weighted by Crippen LogP contribution is 2.37. The van der Waals surface area contributed by atoms with Crippen LogP contribution in [0.5, 0.6) is 11.5 Å². The average Bonchev–Trinajstić information content (AvgIpc) is 3.25. The van der Waals surface area contributed by atoms with E-state index in [4.69, 9.17) is 16.3 Å². The van der Waals surface area contributed by atoms with Crippen LogP contribution in [0.4, 0.5) is 0 Å². The number of esters is 1. The van der Waals surface area contributed by atoms with Gasteiger partial charge in [-0.25, -0.2) is 9.78 Å². The summed E-state index contributed by atoms with van der Waals surface area (Å²) in [6.07, 6.45) is 4.40. The number of aromatic hydroxyl groups is 2. The molecular weight excluding hydrogens is 388 g/mol. The van der Waals surface area contributed by atoms with Crippen LogP contribution in [0.2, 0.25) is 5.02 Å². The van der Waals surface area contributed by atoms with E-state index in [0.717, 1.165) is 11.9 Å². The third-order valence-corrected chi connectivity index (χ3v) is 5.64. The molecule has 0 amide bonds. The van der Waals surface area contributed by atoms with E-state index in [0.29, 0.717) is 24.9 Å². The Balaban J connectivity index is 1.86. The van der Waals surface area contributed by atoms with Gasteiger partial charge in [-0.3, -0.25) is 0 Å². The molecule has 0 unspecified atom stereocenters. The molecule has 0 aliphatic heterocycles. The number of imidazole rings is 1. The highest BCUT2D eigenvalue weighted by molar-refractivity contribution is 7.11. The molecule has 0 bridgehead atoms. The maximum Gasteiger partial charge on any atom is 0.341 e. The first-order chi connectivity index (χ1) is 12.9. The van der Waals surface area contributed by atoms with Crippen molar-refractivity contribution in [2.24, 2.45) is 0 Å². The van der Waals surface area contributed by atoms with E-state index in [1.807, 2.05) is 10.8 Å². The van der Waals surface area contributed by atoms with Gasteiger partial charge in [-0.05, 0) is 31.0 Å². The average molecular weight is 407 g/mol. The number of ether oxygens (including phenoxy) is 1. The number of nitrogens with zero attached hydrogens (tertiary/aromatic N) is 2. The Bertz CT molecular complexity index is 980. The molecule has 0 atom stereocenters. The van der Waals surface area contributed by atoms with Crippen LogP contribution in [-0.2, 0) is 24.1 Å². The Labute approximate surface area is 165 Å². The fourth-order valence-electron chi connectivity index (χ4n) is 2.94. The summed E-state index contributed by atoms with van der Waals surface area (Å²) >= 11 is 7.92. The Morgan fingerprint density at radius 1 is 1.30 bits per heavy atom. The first kappa shape index (κ1) is 19.3. The topological polar surface area (TPSA) is 84.6 Å². The normalized spacial score (nSPS) is 10.9. The number of aryl methyl sites for hydroxylation is 2. The lowest BCUT2D eigenvalue weighted by Gasteiger charge is -2.13. The second-order valence-corrected chi connectivity index (χ2v) is 7.81. The Kier molecular flexibility index (Phi) is 5.72. The van der Waals surface area contributed by atoms with Gasteiger partial charge in [0.15, 0.2) is 0 Å². The van der Waals surface area contributed by atoms with Gasteiger partial charge >= 0.3 is 5.97 Å². The van der Waals surface area contributed by atoms with Gasteiger partial charge in [0.25, 0.3) is 0 Å². The zero-order valence-electron chi connectivity index (χ0n) is 14.9. The summed E-state index contributed by atoms with van der Waals surface area (Å²) in [5, 5.41) is 20.0. The largest absolute Gasteiger partial charge is 0.507 e. The third kappa shape index (κ3) is 4.09. The lowest BCUT2D eigenvalue weighted by molar-refractivity contribution is 0.0596. The number of carbonyl (C=O) groups is 1. The summed E-state index contributed by atoms with van der Waals surface area (Å²) in [4.78, 5) is 18.9. The minimum absolute atomic E-state index is 0.0280. The van der Waals surface area contributed by atoms with Crippen molar-refractivity contribution in [1.82, 2.24) is 9.55 Å². The highest BCUT2D eigenvalue weighted by atomic mass is 35.5. The molecule has 1 aromatic carbocycles. The first-order valence-corrected chi connectivity index (χ1v) is 9.47. The van der Waals surface area contributed by atoms with E-state index in [2.05, 4.69) is 24.0 Å². The molecule has 0 saturated heterocycles. The summed E-state index contributed by atoms with van der Waals surface area (Å²) < 4.78 is 6.76. The van der Waals surface area contributed by atoms with E-state index >= 15 is 0 Å². The number of thiophene rings is 1. The van der Waals surface area contributed by atoms with Crippen molar-refractivity contribution in [2.75, 3.05) is 7.11 Å². The first-order valence-electron chi connectivity index (χ1n) is 8.27. The standard InChI is InChI=1S/C19H19ClN2O4S/c1-11-3-4-12(27-11)10-22-8-7-21-16(22)6-5-13-17(19(25)26-2)14(23)9-15(24)18(13)20/h3-4,7-9,23-24H,5-6,10H2,1-2H3. The predicted octanol–water partition coefficient (Wildman–Crippen LogP) is 3.94. The molecule has 27 heavy (non-hydrogen) atoms. The number of aromatic nitrogens is 2. The molecule has 8 heteroatoms. The van der Waals surface area contributed by atoms with Gasteiger partial charge in [0.1, 0.15) is 22.9 Å². The van der Waals surface area contributed by atoms with Crippen molar-refractivity contribution in [2.45, 2.75) is 26.3 Å². The number of phenols is 2. The van der Waals surface area contributed by atoms with Gasteiger partial charge in [-0.15, -0.1) is 11.3 Å². The van der Waals surface area contributed by atoms with E-state index in [9.17, 15) is 15.0 Å². The molecule has 142 valence electrons. The van der Waals surface area contributed by atoms with Gasteiger partial charge in [-0.1, -0.05) is 11.6 Å². The molecule has 3 aromatic rings. The van der Waals surface area contributed by atoms with Gasteiger partial charge in [-0.2, -0.15) is 0 Å². The molecule has 0 radical (unpaired) electrons. The van der Waals surface area contributed by atoms with Crippen LogP contribution in [0.3, 0.4) is 0 Å². The predicted molar refractivity (Wildman–Crippen MR) is 104 cm³/mol. The van der Waals surface area contributed by atoms with Crippen LogP contribution in [0, 0.1) is 6.92 Å². The number of carbonyl (C=O) groups excluding carboxylic acids is 1. The lowest BCUT2D eigenvalue weighted by atomic mass is 10.0. The van der Waals surface area contributed by atoms with E-state index in [-0.39, 0.29) is 22.1 Å². The Hall–Kier alpha value is -2.51. The molecule has 0 aliphatic rings. The van der Waals surface area contributed by atoms with Crippen LogP contribution in [-0.4, -0.2) is 32.8 Å². The molecule has 2 aromatic heterocycles. The van der Waals surface area contributed by atoms with Crippen molar-refractivity contribution in [3.63, 3.8) is 0 Å². The molecule has 0 spiro atoms. The second-order valence-electron chi connectivity index (χ2n) is 6.06. The molecule has 2 heterocycles. The van der Waals surface area contributed by atoms with Gasteiger partial charge in [0, 0.05) is 34.6 Å². The summed E-state index contributed by atoms with van der Waals surface area (Å²) in [6.45, 7) is 2.77. The smallest absolute Gasteiger partial charge is 0.341 e. The van der Waals surface area contributed by atoms with E-state index in [1.165, 1.54) is 16.9 Å². The second kappa shape index (κ2) is 8.02. The quantitative estimate of drug-likeness (QED) is 0.606. The maximum absolute atomic E-state index is 12.0. The number of phenolic OH excluding ortho intramolecular Hbond substituents is 2. The van der Waals surface area contributed by atoms with Crippen LogP contribution in [0.1, 0.15) is 31.5 Å². The third-order valence-electron chi connectivity index (χ3n) is 4.23. The number of methoxy groups -OCH3 is 1.